The van der Waals surface area contributed by atoms with Crippen molar-refractivity contribution in [3.63, 3.8) is 0 Å². The first-order valence-corrected chi connectivity index (χ1v) is 14.6. The van der Waals surface area contributed by atoms with Crippen molar-refractivity contribution >= 4 is 36.9 Å². The Morgan fingerprint density at radius 1 is 0.975 bits per heavy atom. The Balaban J connectivity index is 0.00000370. The number of amidine groups is 1. The van der Waals surface area contributed by atoms with Crippen molar-refractivity contribution in [2.45, 2.75) is 17.1 Å². The minimum absolute atomic E-state index is 0. The molecule has 40 heavy (non-hydrogen) atoms. The van der Waals surface area contributed by atoms with Gasteiger partial charge in [-0.2, -0.15) is 8.42 Å². The average molecular weight is 600 g/mol. The van der Waals surface area contributed by atoms with E-state index in [4.69, 9.17) is 0 Å². The third-order valence-corrected chi connectivity index (χ3v) is 8.09. The van der Waals surface area contributed by atoms with Crippen molar-refractivity contribution in [2.75, 3.05) is 11.6 Å². The number of fused-ring (bicyclic) bond motifs is 2. The molecule has 0 aliphatic carbocycles. The molecule has 0 fully saturated rings. The number of anilines is 1. The van der Waals surface area contributed by atoms with Gasteiger partial charge in [-0.1, -0.05) is 6.07 Å². The molecular weight excluding hydrogens is 582 g/mol. The summed E-state index contributed by atoms with van der Waals surface area (Å²) in [5, 5.41) is 16.0. The van der Waals surface area contributed by atoms with E-state index < -0.39 is 65.8 Å². The molecule has 3 heterocycles. The molecule has 0 spiro atoms. The van der Waals surface area contributed by atoms with Crippen molar-refractivity contribution in [3.05, 3.63) is 105 Å². The summed E-state index contributed by atoms with van der Waals surface area (Å²) in [7, 11) is -8.01. The minimum atomic E-state index is -4.53. The number of sulfone groups is 1. The van der Waals surface area contributed by atoms with Crippen LogP contribution in [0.15, 0.2) is 68.8 Å². The Kier molecular flexibility index (Phi) is 7.95. The number of nitrogens with zero attached hydrogens (tertiary/aromatic N) is 2. The normalized spacial score (nSPS) is 14.2. The van der Waals surface area contributed by atoms with Gasteiger partial charge in [-0.15, -0.1) is 4.40 Å². The second-order valence-electron chi connectivity index (χ2n) is 8.99. The molecule has 1 aliphatic rings. The predicted molar refractivity (Wildman–Crippen MR) is 135 cm³/mol. The van der Waals surface area contributed by atoms with Crippen LogP contribution in [0, 0.1) is 17.5 Å². The number of halogens is 3. The molecule has 0 saturated heterocycles. The Hall–Kier alpha value is -3.17. The fourth-order valence-corrected chi connectivity index (χ4v) is 6.33. The van der Waals surface area contributed by atoms with E-state index in [1.165, 1.54) is 12.1 Å². The van der Waals surface area contributed by atoms with Gasteiger partial charge in [0.1, 0.15) is 22.3 Å². The Labute approximate surface area is 248 Å². The van der Waals surface area contributed by atoms with E-state index in [0.29, 0.717) is 6.07 Å². The molecule has 0 radical (unpaired) electrons. The largest absolute Gasteiger partial charge is 1.00 e. The molecule has 1 aliphatic heterocycles. The predicted octanol–water partition coefficient (Wildman–Crippen LogP) is -0.509. The zero-order valence-corrected chi connectivity index (χ0v) is 24.5. The van der Waals surface area contributed by atoms with E-state index in [1.54, 1.807) is 0 Å². The summed E-state index contributed by atoms with van der Waals surface area (Å²) in [6.07, 6.45) is 1.40. The molecule has 2 aromatic carbocycles. The first-order valence-electron chi connectivity index (χ1n) is 11.1. The summed E-state index contributed by atoms with van der Waals surface area (Å²) in [5.74, 6) is -4.80. The second kappa shape index (κ2) is 10.7. The minimum Gasteiger partial charge on any atom is -0.859 e. The molecule has 1 N–H and O–H groups in total. The van der Waals surface area contributed by atoms with Gasteiger partial charge in [-0.3, -0.25) is 4.79 Å². The number of pyridine rings is 2. The zero-order valence-electron chi connectivity index (χ0n) is 20.9. The number of rotatable bonds is 5. The number of hydrogen-bond donors (Lipinski definition) is 1. The standard InChI is InChI=1S/C25H18F3N3O6S2.Na/c1-38(34,35)12-13-2-4-19-21(9-13)39(36,37)30-24(29-19)22-23(32)18(8-14-6-16(27)10-17(28)7-14)20-5-3-15(26)11-31(20)25(22)33;/h2-7,9-11,33H,8,12H2,1H3,(H,29,30);/q;+1/p-1. The molecule has 9 nitrogen and oxygen atoms in total. The van der Waals surface area contributed by atoms with E-state index in [1.807, 2.05) is 0 Å². The monoisotopic (exact) mass is 599 g/mol. The summed E-state index contributed by atoms with van der Waals surface area (Å²) in [4.78, 5) is 13.2. The zero-order chi connectivity index (χ0) is 28.3. The first kappa shape index (κ1) is 29.8. The summed E-state index contributed by atoms with van der Waals surface area (Å²) >= 11 is 0. The number of benzene rings is 2. The van der Waals surface area contributed by atoms with Gasteiger partial charge in [0.25, 0.3) is 10.0 Å². The van der Waals surface area contributed by atoms with Gasteiger partial charge in [-0.05, 0) is 53.4 Å². The number of hydrogen-bond acceptors (Lipinski definition) is 7. The van der Waals surface area contributed by atoms with Crippen LogP contribution in [0.5, 0.6) is 5.88 Å². The summed E-state index contributed by atoms with van der Waals surface area (Å²) in [6, 6.07) is 8.49. The molecule has 2 aromatic heterocycles. The average Bonchev–Trinajstić information content (AvgIpc) is 2.80. The summed E-state index contributed by atoms with van der Waals surface area (Å²) in [5.41, 5.74) is -1.79. The third-order valence-electron chi connectivity index (χ3n) is 5.91. The second-order valence-corrected chi connectivity index (χ2v) is 12.7. The van der Waals surface area contributed by atoms with Crippen molar-refractivity contribution < 1.29 is 64.7 Å². The van der Waals surface area contributed by atoms with Crippen molar-refractivity contribution in [1.29, 1.82) is 0 Å². The summed E-state index contributed by atoms with van der Waals surface area (Å²) in [6.45, 7) is 0. The fraction of sp³-hybridized carbons (Fsp3) is 0.120. The van der Waals surface area contributed by atoms with Crippen LogP contribution < -0.4 is 45.4 Å². The van der Waals surface area contributed by atoms with E-state index in [2.05, 4.69) is 9.71 Å². The molecule has 0 atom stereocenters. The van der Waals surface area contributed by atoms with Gasteiger partial charge in [-0.25, -0.2) is 21.6 Å². The Bertz CT molecular complexity index is 1990. The van der Waals surface area contributed by atoms with E-state index in [9.17, 15) is 39.9 Å². The van der Waals surface area contributed by atoms with Gasteiger partial charge in [0.2, 0.25) is 0 Å². The van der Waals surface area contributed by atoms with E-state index in [-0.39, 0.29) is 68.8 Å². The molecule has 202 valence electrons. The Morgan fingerprint density at radius 3 is 2.30 bits per heavy atom. The topological polar surface area (TPSA) is 137 Å². The van der Waals surface area contributed by atoms with Crippen molar-refractivity contribution in [1.82, 2.24) is 4.40 Å². The van der Waals surface area contributed by atoms with Crippen LogP contribution in [0.4, 0.5) is 18.9 Å². The molecule has 15 heteroatoms. The molecule has 0 saturated carbocycles. The maximum absolute atomic E-state index is 14.1. The smallest absolute Gasteiger partial charge is 0.859 e. The van der Waals surface area contributed by atoms with Gasteiger partial charge < -0.3 is 14.8 Å². The first-order chi connectivity index (χ1) is 18.2. The quantitative estimate of drug-likeness (QED) is 0.305. The number of nitrogens with one attached hydrogen (secondary N) is 1. The van der Waals surface area contributed by atoms with Crippen LogP contribution in [0.25, 0.3) is 5.52 Å². The van der Waals surface area contributed by atoms with Crippen molar-refractivity contribution in [3.8, 4) is 5.88 Å². The molecule has 5 rings (SSSR count). The van der Waals surface area contributed by atoms with Gasteiger partial charge >= 0.3 is 29.6 Å². The fourth-order valence-electron chi connectivity index (χ4n) is 4.37. The summed E-state index contributed by atoms with van der Waals surface area (Å²) < 4.78 is 95.5. The van der Waals surface area contributed by atoms with Gasteiger partial charge in [0.15, 0.2) is 21.1 Å². The van der Waals surface area contributed by atoms with E-state index in [0.717, 1.165) is 47.2 Å². The van der Waals surface area contributed by atoms with Crippen LogP contribution in [0.3, 0.4) is 0 Å². The maximum atomic E-state index is 14.1. The van der Waals surface area contributed by atoms with Crippen LogP contribution >= 0.6 is 0 Å². The maximum Gasteiger partial charge on any atom is 1.00 e. The SMILES string of the molecule is CS(=O)(=O)Cc1ccc2c(c1)S(=O)(=O)N=C(c1c([O-])n3cc(F)ccc3c(Cc3cc(F)cc(F)c3)c1=O)N2.[Na+]. The number of sulfonamides is 1. The molecular formula is C25H17F3N3NaO6S2. The molecule has 0 unspecified atom stereocenters. The molecule has 0 amide bonds. The van der Waals surface area contributed by atoms with Gasteiger partial charge in [0.05, 0.1) is 22.5 Å². The van der Waals surface area contributed by atoms with Gasteiger partial charge in [0, 0.05) is 30.5 Å². The van der Waals surface area contributed by atoms with Crippen molar-refractivity contribution in [2.24, 2.45) is 4.40 Å². The number of aromatic nitrogens is 1. The van der Waals surface area contributed by atoms with Crippen LogP contribution in [-0.4, -0.2) is 33.3 Å². The van der Waals surface area contributed by atoms with Crippen LogP contribution in [0.2, 0.25) is 0 Å². The van der Waals surface area contributed by atoms with Crippen LogP contribution in [0.1, 0.15) is 22.3 Å². The third kappa shape index (κ3) is 5.81. The van der Waals surface area contributed by atoms with E-state index >= 15 is 0 Å². The van der Waals surface area contributed by atoms with Crippen LogP contribution in [-0.2, 0) is 32.0 Å². The Morgan fingerprint density at radius 2 is 1.65 bits per heavy atom. The molecule has 0 bridgehead atoms. The molecule has 4 aromatic rings.